The Balaban J connectivity index is 2.28. The number of ether oxygens (including phenoxy) is 2. The van der Waals surface area contributed by atoms with Gasteiger partial charge in [0.25, 0.3) is 0 Å². The maximum absolute atomic E-state index is 12.2. The molecule has 1 aromatic rings. The van der Waals surface area contributed by atoms with Crippen LogP contribution in [0, 0.1) is 0 Å². The Hall–Kier alpha value is -1.43. The Morgan fingerprint density at radius 1 is 1.47 bits per heavy atom. The van der Waals surface area contributed by atoms with Gasteiger partial charge in [-0.05, 0) is 42.8 Å². The molecule has 19 heavy (non-hydrogen) atoms. The van der Waals surface area contributed by atoms with Crippen molar-refractivity contribution in [3.63, 3.8) is 0 Å². The van der Waals surface area contributed by atoms with E-state index in [1.165, 1.54) is 0 Å². The largest absolute Gasteiger partial charge is 0.483 e. The van der Waals surface area contributed by atoms with Crippen molar-refractivity contribution in [3.05, 3.63) is 28.8 Å². The highest BCUT2D eigenvalue weighted by Crippen LogP contribution is 2.31. The van der Waals surface area contributed by atoms with Crippen LogP contribution in [-0.2, 0) is 9.47 Å². The van der Waals surface area contributed by atoms with Crippen molar-refractivity contribution in [3.8, 4) is 0 Å². The summed E-state index contributed by atoms with van der Waals surface area (Å²) in [6.07, 6.45) is 2.71. The molecule has 0 spiro atoms. The van der Waals surface area contributed by atoms with Gasteiger partial charge in [0, 0.05) is 5.56 Å². The van der Waals surface area contributed by atoms with Crippen LogP contribution >= 0.6 is 15.9 Å². The van der Waals surface area contributed by atoms with E-state index in [9.17, 15) is 4.79 Å². The predicted molar refractivity (Wildman–Crippen MR) is 73.4 cm³/mol. The number of rotatable bonds is 1. The van der Waals surface area contributed by atoms with E-state index in [2.05, 4.69) is 15.9 Å². The first-order chi connectivity index (χ1) is 8.88. The molecule has 0 aliphatic carbocycles. The first-order valence-corrected chi connectivity index (χ1v) is 6.73. The van der Waals surface area contributed by atoms with Gasteiger partial charge >= 0.3 is 6.09 Å². The van der Waals surface area contributed by atoms with Crippen molar-refractivity contribution < 1.29 is 18.7 Å². The van der Waals surface area contributed by atoms with Crippen LogP contribution in [0.2, 0.25) is 0 Å². The smallest absolute Gasteiger partial charge is 0.415 e. The van der Waals surface area contributed by atoms with Crippen LogP contribution in [0.5, 0.6) is 0 Å². The molecule has 6 heteroatoms. The fraction of sp³-hybridized carbons (Fsp3) is 0.462. The normalized spacial score (nSPS) is 16.3. The molecular formula is C13H16BrNO4. The highest BCUT2D eigenvalue weighted by Gasteiger charge is 2.30. The molecule has 0 N–H and O–H groups in total. The minimum atomic E-state index is -0.538. The molecule has 104 valence electrons. The molecule has 1 amide bonds. The van der Waals surface area contributed by atoms with Crippen LogP contribution in [0.25, 0.3) is 5.70 Å². The fourth-order valence-corrected chi connectivity index (χ4v) is 2.29. The lowest BCUT2D eigenvalue weighted by molar-refractivity contribution is 0.0292. The summed E-state index contributed by atoms with van der Waals surface area (Å²) in [5, 5.41) is 0. The second-order valence-electron chi connectivity index (χ2n) is 5.11. The van der Waals surface area contributed by atoms with Crippen LogP contribution in [-0.4, -0.2) is 29.7 Å². The summed E-state index contributed by atoms with van der Waals surface area (Å²) in [5.41, 5.74) is 0.843. The lowest BCUT2D eigenvalue weighted by atomic mass is 10.2. The minimum absolute atomic E-state index is 0.399. The molecule has 1 aromatic heterocycles. The van der Waals surface area contributed by atoms with Gasteiger partial charge < -0.3 is 13.9 Å². The quantitative estimate of drug-likeness (QED) is 0.790. The van der Waals surface area contributed by atoms with Gasteiger partial charge in [-0.25, -0.2) is 4.79 Å². The lowest BCUT2D eigenvalue weighted by Crippen LogP contribution is -2.39. The van der Waals surface area contributed by atoms with E-state index in [0.29, 0.717) is 23.5 Å². The lowest BCUT2D eigenvalue weighted by Gasteiger charge is -2.31. The monoisotopic (exact) mass is 329 g/mol. The fourth-order valence-electron chi connectivity index (χ4n) is 1.68. The zero-order valence-electron chi connectivity index (χ0n) is 11.1. The topological polar surface area (TPSA) is 51.9 Å². The Kier molecular flexibility index (Phi) is 3.89. The van der Waals surface area contributed by atoms with Gasteiger partial charge in [0.2, 0.25) is 0 Å². The first kappa shape index (κ1) is 14.0. The summed E-state index contributed by atoms with van der Waals surface area (Å²) in [5.74, 6) is 0. The molecule has 0 saturated carbocycles. The number of hydrogen-bond acceptors (Lipinski definition) is 4. The van der Waals surface area contributed by atoms with E-state index in [1.807, 2.05) is 20.8 Å². The summed E-state index contributed by atoms with van der Waals surface area (Å²) in [6, 6.07) is 1.77. The second kappa shape index (κ2) is 5.28. The van der Waals surface area contributed by atoms with E-state index in [4.69, 9.17) is 13.9 Å². The maximum atomic E-state index is 12.2. The molecule has 1 aliphatic heterocycles. The van der Waals surface area contributed by atoms with E-state index >= 15 is 0 Å². The van der Waals surface area contributed by atoms with Gasteiger partial charge in [0.05, 0.1) is 19.1 Å². The third kappa shape index (κ3) is 3.32. The van der Waals surface area contributed by atoms with Crippen LogP contribution in [0.4, 0.5) is 4.79 Å². The molecule has 0 atom stereocenters. The van der Waals surface area contributed by atoms with Gasteiger partial charge in [-0.15, -0.1) is 0 Å². The number of nitrogens with zero attached hydrogens (tertiary/aromatic N) is 1. The number of furan rings is 1. The molecule has 2 heterocycles. The van der Waals surface area contributed by atoms with Gasteiger partial charge in [0.15, 0.2) is 4.67 Å². The number of hydrogen-bond donors (Lipinski definition) is 0. The van der Waals surface area contributed by atoms with Crippen molar-refractivity contribution in [1.82, 2.24) is 4.90 Å². The zero-order valence-corrected chi connectivity index (χ0v) is 12.7. The third-order valence-corrected chi connectivity index (χ3v) is 3.01. The Labute approximate surface area is 120 Å². The first-order valence-electron chi connectivity index (χ1n) is 5.94. The van der Waals surface area contributed by atoms with Crippen molar-refractivity contribution in [2.24, 2.45) is 0 Å². The zero-order chi connectivity index (χ0) is 14.0. The molecule has 1 aliphatic rings. The average Bonchev–Trinajstić information content (AvgIpc) is 2.79. The highest BCUT2D eigenvalue weighted by molar-refractivity contribution is 9.11. The molecule has 0 bridgehead atoms. The van der Waals surface area contributed by atoms with Crippen LogP contribution in [0.15, 0.2) is 27.7 Å². The van der Waals surface area contributed by atoms with E-state index in [1.54, 1.807) is 23.5 Å². The van der Waals surface area contributed by atoms with Crippen LogP contribution in [0.3, 0.4) is 0 Å². The SMILES string of the molecule is CC(C)(C)OC(=O)N1CCOC(Br)=C1c1ccoc1. The van der Waals surface area contributed by atoms with E-state index < -0.39 is 11.7 Å². The van der Waals surface area contributed by atoms with Gasteiger partial charge in [0.1, 0.15) is 17.9 Å². The number of carbonyl (C=O) groups is 1. The number of halogens is 1. The third-order valence-electron chi connectivity index (χ3n) is 2.41. The highest BCUT2D eigenvalue weighted by atomic mass is 79.9. The van der Waals surface area contributed by atoms with E-state index in [0.717, 1.165) is 5.56 Å². The predicted octanol–water partition coefficient (Wildman–Crippen LogP) is 3.57. The summed E-state index contributed by atoms with van der Waals surface area (Å²) >= 11 is 3.33. The standard InChI is InChI=1S/C13H16BrNO4/c1-13(2,3)19-12(16)15-5-7-18-11(14)10(15)9-4-6-17-8-9/h4,6,8H,5,7H2,1-3H3. The number of carbonyl (C=O) groups excluding carboxylic acids is 1. The summed E-state index contributed by atoms with van der Waals surface area (Å²) in [6.45, 7) is 6.36. The molecule has 0 radical (unpaired) electrons. The summed E-state index contributed by atoms with van der Waals surface area (Å²) < 4.78 is 16.4. The molecule has 2 rings (SSSR count). The van der Waals surface area contributed by atoms with Crippen LogP contribution < -0.4 is 0 Å². The Bertz CT molecular complexity index is 487. The Morgan fingerprint density at radius 3 is 2.79 bits per heavy atom. The van der Waals surface area contributed by atoms with Crippen molar-refractivity contribution in [1.29, 1.82) is 0 Å². The van der Waals surface area contributed by atoms with Gasteiger partial charge in [-0.3, -0.25) is 4.90 Å². The summed E-state index contributed by atoms with van der Waals surface area (Å²) in [4.78, 5) is 13.8. The second-order valence-corrected chi connectivity index (χ2v) is 5.84. The van der Waals surface area contributed by atoms with E-state index in [-0.39, 0.29) is 0 Å². The molecule has 0 aromatic carbocycles. The molecule has 5 nitrogen and oxygen atoms in total. The molecule has 0 unspecified atom stereocenters. The number of amides is 1. The average molecular weight is 330 g/mol. The Morgan fingerprint density at radius 2 is 2.21 bits per heavy atom. The molecule has 0 saturated heterocycles. The molecule has 0 fully saturated rings. The van der Waals surface area contributed by atoms with Crippen molar-refractivity contribution in [2.45, 2.75) is 26.4 Å². The maximum Gasteiger partial charge on any atom is 0.415 e. The van der Waals surface area contributed by atoms with Gasteiger partial charge in [-0.2, -0.15) is 0 Å². The van der Waals surface area contributed by atoms with Crippen molar-refractivity contribution in [2.75, 3.05) is 13.2 Å². The van der Waals surface area contributed by atoms with Gasteiger partial charge in [-0.1, -0.05) is 0 Å². The minimum Gasteiger partial charge on any atom is -0.483 e. The van der Waals surface area contributed by atoms with Crippen LogP contribution in [0.1, 0.15) is 26.3 Å². The van der Waals surface area contributed by atoms with Crippen molar-refractivity contribution >= 4 is 27.7 Å². The summed E-state index contributed by atoms with van der Waals surface area (Å²) in [7, 11) is 0. The molecular weight excluding hydrogens is 314 g/mol.